The Labute approximate surface area is 124 Å². The van der Waals surface area contributed by atoms with Crippen molar-refractivity contribution in [3.05, 3.63) is 23.2 Å². The summed E-state index contributed by atoms with van der Waals surface area (Å²) < 4.78 is 0. The first-order valence-corrected chi connectivity index (χ1v) is 6.88. The van der Waals surface area contributed by atoms with Crippen LogP contribution in [0.2, 0.25) is 5.02 Å². The van der Waals surface area contributed by atoms with Gasteiger partial charge in [-0.1, -0.05) is 18.5 Å². The highest BCUT2D eigenvalue weighted by atomic mass is 35.5. The lowest BCUT2D eigenvalue weighted by Gasteiger charge is -2.27. The summed E-state index contributed by atoms with van der Waals surface area (Å²) in [5.41, 5.74) is 5.84. The standard InChI is InChI=1S/C14H22ClN3O2/c1-4-18(9-14(2,3)20)8-13(19)17-12-6-5-10(16)7-11(12)15/h5-7,20H,4,8-9,16H2,1-3H3,(H,17,19). The lowest BCUT2D eigenvalue weighted by Crippen LogP contribution is -2.42. The highest BCUT2D eigenvalue weighted by Crippen LogP contribution is 2.23. The van der Waals surface area contributed by atoms with E-state index in [9.17, 15) is 9.90 Å². The van der Waals surface area contributed by atoms with E-state index in [1.165, 1.54) is 0 Å². The first-order valence-electron chi connectivity index (χ1n) is 6.51. The molecule has 0 aliphatic carbocycles. The van der Waals surface area contributed by atoms with E-state index in [4.69, 9.17) is 17.3 Å². The minimum Gasteiger partial charge on any atom is -0.399 e. The Morgan fingerprint density at radius 1 is 1.50 bits per heavy atom. The number of nitrogens with one attached hydrogen (secondary N) is 1. The second kappa shape index (κ2) is 6.92. The van der Waals surface area contributed by atoms with E-state index in [1.54, 1.807) is 32.0 Å². The molecule has 6 heteroatoms. The average molecular weight is 300 g/mol. The van der Waals surface area contributed by atoms with Gasteiger partial charge in [0.2, 0.25) is 5.91 Å². The van der Waals surface area contributed by atoms with Crippen LogP contribution in [0.1, 0.15) is 20.8 Å². The van der Waals surface area contributed by atoms with Crippen LogP contribution in [0.15, 0.2) is 18.2 Å². The highest BCUT2D eigenvalue weighted by molar-refractivity contribution is 6.34. The lowest BCUT2D eigenvalue weighted by atomic mass is 10.1. The van der Waals surface area contributed by atoms with Gasteiger partial charge in [0.05, 0.1) is 22.9 Å². The summed E-state index contributed by atoms with van der Waals surface area (Å²) in [7, 11) is 0. The van der Waals surface area contributed by atoms with E-state index in [1.807, 2.05) is 11.8 Å². The SMILES string of the molecule is CCN(CC(=O)Nc1ccc(N)cc1Cl)CC(C)(C)O. The number of hydrogen-bond acceptors (Lipinski definition) is 4. The zero-order chi connectivity index (χ0) is 15.3. The molecule has 0 aromatic heterocycles. The summed E-state index contributed by atoms with van der Waals surface area (Å²) in [6.07, 6.45) is 0. The smallest absolute Gasteiger partial charge is 0.238 e. The fourth-order valence-electron chi connectivity index (χ4n) is 1.85. The van der Waals surface area contributed by atoms with E-state index >= 15 is 0 Å². The summed E-state index contributed by atoms with van der Waals surface area (Å²) in [5, 5.41) is 12.9. The fourth-order valence-corrected chi connectivity index (χ4v) is 2.09. The summed E-state index contributed by atoms with van der Waals surface area (Å²) in [4.78, 5) is 13.8. The molecule has 0 aliphatic heterocycles. The normalized spacial score (nSPS) is 11.7. The maximum absolute atomic E-state index is 12.0. The molecule has 5 nitrogen and oxygen atoms in total. The molecule has 0 radical (unpaired) electrons. The average Bonchev–Trinajstić information content (AvgIpc) is 2.30. The molecule has 0 atom stereocenters. The van der Waals surface area contributed by atoms with Crippen molar-refractivity contribution < 1.29 is 9.90 Å². The van der Waals surface area contributed by atoms with Crippen molar-refractivity contribution in [3.63, 3.8) is 0 Å². The highest BCUT2D eigenvalue weighted by Gasteiger charge is 2.19. The number of likely N-dealkylation sites (N-methyl/N-ethyl adjacent to an activating group) is 1. The van der Waals surface area contributed by atoms with E-state index in [0.29, 0.717) is 29.5 Å². The lowest BCUT2D eigenvalue weighted by molar-refractivity contribution is -0.117. The molecule has 0 aliphatic rings. The van der Waals surface area contributed by atoms with Gasteiger partial charge in [-0.05, 0) is 38.6 Å². The van der Waals surface area contributed by atoms with Crippen molar-refractivity contribution >= 4 is 28.9 Å². The molecule has 1 aromatic rings. The Balaban J connectivity index is 2.62. The minimum absolute atomic E-state index is 0.178. The number of carbonyl (C=O) groups is 1. The van der Waals surface area contributed by atoms with Crippen LogP contribution in [0.5, 0.6) is 0 Å². The van der Waals surface area contributed by atoms with Gasteiger partial charge in [0, 0.05) is 12.2 Å². The largest absolute Gasteiger partial charge is 0.399 e. The first-order chi connectivity index (χ1) is 9.21. The number of nitrogens with two attached hydrogens (primary N) is 1. The molecule has 1 aromatic carbocycles. The molecule has 20 heavy (non-hydrogen) atoms. The van der Waals surface area contributed by atoms with E-state index in [0.717, 1.165) is 0 Å². The number of rotatable bonds is 6. The zero-order valence-corrected chi connectivity index (χ0v) is 12.9. The predicted octanol–water partition coefficient (Wildman–Crippen LogP) is 1.95. The quantitative estimate of drug-likeness (QED) is 0.702. The molecule has 0 heterocycles. The minimum atomic E-state index is -0.838. The molecule has 0 unspecified atom stereocenters. The van der Waals surface area contributed by atoms with Gasteiger partial charge < -0.3 is 16.2 Å². The number of amides is 1. The van der Waals surface area contributed by atoms with Crippen LogP contribution >= 0.6 is 11.6 Å². The maximum Gasteiger partial charge on any atom is 0.238 e. The van der Waals surface area contributed by atoms with Crippen molar-refractivity contribution in [1.29, 1.82) is 0 Å². The molecule has 0 saturated heterocycles. The van der Waals surface area contributed by atoms with Crippen LogP contribution in [-0.4, -0.2) is 41.1 Å². The Kier molecular flexibility index (Phi) is 5.80. The number of hydrogen-bond donors (Lipinski definition) is 3. The summed E-state index contributed by atoms with van der Waals surface area (Å²) in [6, 6.07) is 4.93. The zero-order valence-electron chi connectivity index (χ0n) is 12.1. The second-order valence-electron chi connectivity index (χ2n) is 5.40. The molecule has 0 saturated carbocycles. The van der Waals surface area contributed by atoms with Crippen molar-refractivity contribution in [1.82, 2.24) is 4.90 Å². The van der Waals surface area contributed by atoms with Crippen LogP contribution in [-0.2, 0) is 4.79 Å². The molecule has 0 spiro atoms. The van der Waals surface area contributed by atoms with Crippen LogP contribution in [0.25, 0.3) is 0 Å². The van der Waals surface area contributed by atoms with Crippen LogP contribution in [0, 0.1) is 0 Å². The molecule has 1 amide bonds. The second-order valence-corrected chi connectivity index (χ2v) is 5.81. The van der Waals surface area contributed by atoms with Gasteiger partial charge in [0.15, 0.2) is 0 Å². The number of nitrogens with zero attached hydrogens (tertiary/aromatic N) is 1. The first kappa shape index (κ1) is 16.8. The Bertz CT molecular complexity index is 472. The van der Waals surface area contributed by atoms with Gasteiger partial charge in [-0.15, -0.1) is 0 Å². The van der Waals surface area contributed by atoms with Crippen molar-refractivity contribution in [3.8, 4) is 0 Å². The summed E-state index contributed by atoms with van der Waals surface area (Å²) in [6.45, 7) is 6.66. The molecular weight excluding hydrogens is 278 g/mol. The van der Waals surface area contributed by atoms with Crippen LogP contribution < -0.4 is 11.1 Å². The molecule has 1 rings (SSSR count). The maximum atomic E-state index is 12.0. The molecule has 112 valence electrons. The van der Waals surface area contributed by atoms with Crippen LogP contribution in [0.3, 0.4) is 0 Å². The van der Waals surface area contributed by atoms with E-state index in [-0.39, 0.29) is 12.5 Å². The van der Waals surface area contributed by atoms with Crippen molar-refractivity contribution in [2.75, 3.05) is 30.7 Å². The number of aliphatic hydroxyl groups is 1. The number of benzene rings is 1. The van der Waals surface area contributed by atoms with Gasteiger partial charge in [0.25, 0.3) is 0 Å². The molecular formula is C14H22ClN3O2. The fraction of sp³-hybridized carbons (Fsp3) is 0.500. The van der Waals surface area contributed by atoms with Crippen molar-refractivity contribution in [2.45, 2.75) is 26.4 Å². The van der Waals surface area contributed by atoms with Gasteiger partial charge >= 0.3 is 0 Å². The predicted molar refractivity (Wildman–Crippen MR) is 82.9 cm³/mol. The van der Waals surface area contributed by atoms with E-state index < -0.39 is 5.60 Å². The van der Waals surface area contributed by atoms with Gasteiger partial charge in [-0.25, -0.2) is 0 Å². The number of anilines is 2. The molecule has 4 N–H and O–H groups in total. The molecule has 0 fully saturated rings. The summed E-state index contributed by atoms with van der Waals surface area (Å²) in [5.74, 6) is -0.178. The topological polar surface area (TPSA) is 78.6 Å². The summed E-state index contributed by atoms with van der Waals surface area (Å²) >= 11 is 6.00. The Morgan fingerprint density at radius 3 is 2.65 bits per heavy atom. The van der Waals surface area contributed by atoms with Gasteiger partial charge in [-0.3, -0.25) is 9.69 Å². The number of halogens is 1. The Morgan fingerprint density at radius 2 is 2.15 bits per heavy atom. The van der Waals surface area contributed by atoms with Gasteiger partial charge in [-0.2, -0.15) is 0 Å². The van der Waals surface area contributed by atoms with Crippen LogP contribution in [0.4, 0.5) is 11.4 Å². The third kappa shape index (κ3) is 5.77. The number of carbonyl (C=O) groups excluding carboxylic acids is 1. The Hall–Kier alpha value is -1.30. The number of nitrogen functional groups attached to an aromatic ring is 1. The molecule has 0 bridgehead atoms. The third-order valence-corrected chi connectivity index (χ3v) is 3.00. The monoisotopic (exact) mass is 299 g/mol. The van der Waals surface area contributed by atoms with Gasteiger partial charge in [0.1, 0.15) is 0 Å². The third-order valence-electron chi connectivity index (χ3n) is 2.69. The van der Waals surface area contributed by atoms with E-state index in [2.05, 4.69) is 5.32 Å². The van der Waals surface area contributed by atoms with Crippen molar-refractivity contribution in [2.24, 2.45) is 0 Å².